The number of phenols is 1. The molecule has 200 valence electrons. The molecule has 1 unspecified atom stereocenters. The van der Waals surface area contributed by atoms with E-state index in [-0.39, 0.29) is 22.9 Å². The Labute approximate surface area is 221 Å². The van der Waals surface area contributed by atoms with Gasteiger partial charge in [0.25, 0.3) is 5.91 Å². The summed E-state index contributed by atoms with van der Waals surface area (Å²) in [5.41, 5.74) is 6.25. The number of fused-ring (bicyclic) bond motifs is 1. The zero-order valence-electron chi connectivity index (χ0n) is 21.6. The van der Waals surface area contributed by atoms with Crippen molar-refractivity contribution < 1.29 is 33.8 Å². The third kappa shape index (κ3) is 4.08. The SMILES string of the molecule is C[N+]1(Cc2ccco2)CC[C@]23CCCC[C@@]2(O)[C@H]1Cc1ccc(C(N)=O)c(O)c13.O=C([O-])c1ccccc1. The van der Waals surface area contributed by atoms with E-state index in [0.29, 0.717) is 17.3 Å². The van der Waals surface area contributed by atoms with Crippen molar-refractivity contribution in [2.45, 2.75) is 62.1 Å². The molecule has 1 amide bonds. The number of likely N-dealkylation sites (tertiary alicyclic amines) is 1. The highest BCUT2D eigenvalue weighted by Crippen LogP contribution is 2.61. The Morgan fingerprint density at radius 1 is 1.08 bits per heavy atom. The molecule has 4 N–H and O–H groups in total. The minimum Gasteiger partial charge on any atom is -0.545 e. The van der Waals surface area contributed by atoms with Crippen LogP contribution in [0.3, 0.4) is 0 Å². The molecule has 0 radical (unpaired) electrons. The number of nitrogens with two attached hydrogens (primary N) is 1. The summed E-state index contributed by atoms with van der Waals surface area (Å²) in [6, 6.07) is 15.5. The van der Waals surface area contributed by atoms with E-state index in [2.05, 4.69) is 7.05 Å². The number of hydrogen-bond acceptors (Lipinski definition) is 6. The Balaban J connectivity index is 0.000000278. The normalized spacial score (nSPS) is 29.3. The van der Waals surface area contributed by atoms with Gasteiger partial charge in [0.2, 0.25) is 0 Å². The Morgan fingerprint density at radius 3 is 2.45 bits per heavy atom. The number of carboxylic acid groups (broad SMARTS) is 1. The van der Waals surface area contributed by atoms with E-state index in [1.165, 1.54) is 12.1 Å². The van der Waals surface area contributed by atoms with Crippen molar-refractivity contribution in [3.05, 3.63) is 88.9 Å². The second-order valence-corrected chi connectivity index (χ2v) is 11.1. The van der Waals surface area contributed by atoms with Crippen LogP contribution in [0.2, 0.25) is 0 Å². The van der Waals surface area contributed by atoms with Crippen LogP contribution in [0.15, 0.2) is 65.3 Å². The van der Waals surface area contributed by atoms with Gasteiger partial charge in [-0.2, -0.15) is 0 Å². The van der Waals surface area contributed by atoms with Crippen LogP contribution in [-0.2, 0) is 18.4 Å². The zero-order valence-corrected chi connectivity index (χ0v) is 21.6. The number of carboxylic acids is 1. The molecule has 3 aromatic rings. The summed E-state index contributed by atoms with van der Waals surface area (Å²) in [6.07, 6.45) is 6.65. The summed E-state index contributed by atoms with van der Waals surface area (Å²) in [5, 5.41) is 33.4. The number of hydrogen-bond donors (Lipinski definition) is 3. The molecule has 38 heavy (non-hydrogen) atoms. The number of aromatic carboxylic acids is 1. The van der Waals surface area contributed by atoms with Crippen molar-refractivity contribution in [3.8, 4) is 5.75 Å². The Hall–Kier alpha value is -3.62. The lowest BCUT2D eigenvalue weighted by molar-refractivity contribution is -0.962. The number of aromatic hydroxyl groups is 1. The van der Waals surface area contributed by atoms with Gasteiger partial charge >= 0.3 is 0 Å². The van der Waals surface area contributed by atoms with Crippen LogP contribution in [0.4, 0.5) is 0 Å². The molecule has 2 aliphatic carbocycles. The van der Waals surface area contributed by atoms with E-state index in [9.17, 15) is 24.9 Å². The molecule has 2 bridgehead atoms. The van der Waals surface area contributed by atoms with Crippen molar-refractivity contribution in [3.63, 3.8) is 0 Å². The van der Waals surface area contributed by atoms with Crippen LogP contribution in [-0.4, -0.2) is 51.8 Å². The van der Waals surface area contributed by atoms with Crippen LogP contribution in [0.5, 0.6) is 5.75 Å². The van der Waals surface area contributed by atoms with Crippen LogP contribution in [0.25, 0.3) is 0 Å². The number of rotatable bonds is 4. The highest BCUT2D eigenvalue weighted by Gasteiger charge is 2.68. The van der Waals surface area contributed by atoms with Crippen molar-refractivity contribution >= 4 is 11.9 Å². The highest BCUT2D eigenvalue weighted by atomic mass is 16.4. The number of benzene rings is 2. The van der Waals surface area contributed by atoms with Gasteiger partial charge in [0.15, 0.2) is 5.76 Å². The minimum atomic E-state index is -1.13. The predicted octanol–water partition coefficient (Wildman–Crippen LogP) is 2.65. The molecule has 6 rings (SSSR count). The van der Waals surface area contributed by atoms with Gasteiger partial charge in [-0.25, -0.2) is 0 Å². The summed E-state index contributed by atoms with van der Waals surface area (Å²) in [6.45, 7) is 1.62. The monoisotopic (exact) mass is 518 g/mol. The summed E-state index contributed by atoms with van der Waals surface area (Å²) in [7, 11) is 2.21. The highest BCUT2D eigenvalue weighted by molar-refractivity contribution is 5.96. The largest absolute Gasteiger partial charge is 0.545 e. The molecule has 0 spiro atoms. The molecular weight excluding hydrogens is 484 g/mol. The first-order valence-corrected chi connectivity index (χ1v) is 13.1. The molecule has 1 aliphatic heterocycles. The Kier molecular flexibility index (Phi) is 6.57. The molecule has 2 aromatic carbocycles. The molecular formula is C30H34N2O6. The third-order valence-corrected chi connectivity index (χ3v) is 9.12. The predicted molar refractivity (Wildman–Crippen MR) is 138 cm³/mol. The summed E-state index contributed by atoms with van der Waals surface area (Å²) < 4.78 is 6.36. The fraction of sp³-hybridized carbons (Fsp3) is 0.400. The zero-order chi connectivity index (χ0) is 27.1. The van der Waals surface area contributed by atoms with Crippen LogP contribution < -0.4 is 10.8 Å². The molecule has 4 atom stereocenters. The molecule has 1 aromatic heterocycles. The van der Waals surface area contributed by atoms with Crippen LogP contribution in [0.1, 0.15) is 69.7 Å². The maximum atomic E-state index is 12.3. The molecule has 1 saturated heterocycles. The van der Waals surface area contributed by atoms with Crippen molar-refractivity contribution in [2.24, 2.45) is 5.73 Å². The van der Waals surface area contributed by atoms with E-state index in [0.717, 1.165) is 55.7 Å². The van der Waals surface area contributed by atoms with Gasteiger partial charge in [0.1, 0.15) is 23.9 Å². The summed E-state index contributed by atoms with van der Waals surface area (Å²) >= 11 is 0. The lowest BCUT2D eigenvalue weighted by Crippen LogP contribution is -2.77. The van der Waals surface area contributed by atoms with E-state index in [4.69, 9.17) is 10.2 Å². The Bertz CT molecular complexity index is 1340. The average molecular weight is 519 g/mol. The van der Waals surface area contributed by atoms with Gasteiger partial charge in [0.05, 0.1) is 31.4 Å². The van der Waals surface area contributed by atoms with Crippen molar-refractivity contribution in [2.75, 3.05) is 13.6 Å². The number of primary amides is 1. The topological polar surface area (TPSA) is 137 Å². The number of furan rings is 1. The maximum Gasteiger partial charge on any atom is 0.252 e. The first kappa shape index (κ1) is 26.0. The van der Waals surface area contributed by atoms with Gasteiger partial charge in [0, 0.05) is 23.8 Å². The third-order valence-electron chi connectivity index (χ3n) is 9.12. The van der Waals surface area contributed by atoms with Gasteiger partial charge < -0.3 is 34.7 Å². The maximum absolute atomic E-state index is 12.3. The van der Waals surface area contributed by atoms with E-state index >= 15 is 0 Å². The second kappa shape index (κ2) is 9.60. The van der Waals surface area contributed by atoms with Crippen molar-refractivity contribution in [1.29, 1.82) is 0 Å². The quantitative estimate of drug-likeness (QED) is 0.454. The molecule has 2 fully saturated rings. The number of carbonyl (C=O) groups is 2. The molecule has 8 nitrogen and oxygen atoms in total. The molecule has 2 heterocycles. The van der Waals surface area contributed by atoms with Crippen LogP contribution in [0, 0.1) is 0 Å². The summed E-state index contributed by atoms with van der Waals surface area (Å²) in [5.74, 6) is -0.846. The van der Waals surface area contributed by atoms with Crippen LogP contribution >= 0.6 is 0 Å². The number of aliphatic hydroxyl groups is 1. The van der Waals surface area contributed by atoms with Gasteiger partial charge in [-0.05, 0) is 42.2 Å². The number of likely N-dealkylation sites (N-methyl/N-ethyl adjacent to an activating group) is 1. The lowest BCUT2D eigenvalue weighted by atomic mass is 9.48. The standard InChI is InChI=1S/C23H28N2O4.C7H6O2/c1-25(14-16-5-4-12-29-16)11-10-22-8-2-3-9-23(22,28)18(25)13-15-6-7-17(21(24)27)20(26)19(15)22;8-7(9)6-4-2-1-3-5-6/h4-7,12,18,28H,2-3,8-11,13-14H2,1H3,(H2-,24,26,27);1-5H,(H,8,9)/t18-,22+,23-,25?;/m1./s1. The van der Waals surface area contributed by atoms with Gasteiger partial charge in [-0.1, -0.05) is 49.2 Å². The summed E-state index contributed by atoms with van der Waals surface area (Å²) in [4.78, 5) is 22.0. The van der Waals surface area contributed by atoms with E-state index in [1.807, 2.05) is 18.2 Å². The first-order valence-electron chi connectivity index (χ1n) is 13.1. The van der Waals surface area contributed by atoms with Gasteiger partial charge in [-0.15, -0.1) is 0 Å². The fourth-order valence-electron chi connectivity index (χ4n) is 7.34. The molecule has 8 heteroatoms. The number of carbonyl (C=O) groups excluding carboxylic acids is 2. The fourth-order valence-corrected chi connectivity index (χ4v) is 7.34. The Morgan fingerprint density at radius 2 is 1.82 bits per heavy atom. The second-order valence-electron chi connectivity index (χ2n) is 11.1. The molecule has 3 aliphatic rings. The number of quaternary nitrogens is 1. The smallest absolute Gasteiger partial charge is 0.252 e. The first-order chi connectivity index (χ1) is 18.1. The average Bonchev–Trinajstić information content (AvgIpc) is 3.40. The van der Waals surface area contributed by atoms with Gasteiger partial charge in [-0.3, -0.25) is 4.79 Å². The van der Waals surface area contributed by atoms with E-state index < -0.39 is 22.9 Å². The lowest BCUT2D eigenvalue weighted by Gasteiger charge is -2.65. The number of amides is 1. The minimum absolute atomic E-state index is 0.00739. The van der Waals surface area contributed by atoms with E-state index in [1.54, 1.807) is 30.5 Å². The number of nitrogens with zero attached hydrogens (tertiary/aromatic N) is 1. The molecule has 1 saturated carbocycles. The number of piperidine rings is 1. The van der Waals surface area contributed by atoms with Crippen molar-refractivity contribution in [1.82, 2.24) is 0 Å².